The number of aliphatic hydroxyl groups excluding tert-OH is 1. The normalized spacial score (nSPS) is 13.7. The zero-order chi connectivity index (χ0) is 17.8. The van der Waals surface area contributed by atoms with Gasteiger partial charge in [-0.1, -0.05) is 24.3 Å². The van der Waals surface area contributed by atoms with Crippen molar-refractivity contribution >= 4 is 21.6 Å². The predicted molar refractivity (Wildman–Crippen MR) is 86.7 cm³/mol. The van der Waals surface area contributed by atoms with Crippen LogP contribution in [0.5, 0.6) is 0 Å². The van der Waals surface area contributed by atoms with Gasteiger partial charge >= 0.3 is 6.18 Å². The molecule has 0 amide bonds. The van der Waals surface area contributed by atoms with Crippen LogP contribution < -0.4 is 0 Å². The third-order valence-corrected chi connectivity index (χ3v) is 6.07. The SMILES string of the molecule is O=S(=O)(CC(O)CSc1cccc(C(F)(F)F)c1)c1ccccc1. The highest BCUT2D eigenvalue weighted by Gasteiger charge is 2.30. The first-order valence-electron chi connectivity index (χ1n) is 6.94. The molecule has 0 aliphatic rings. The van der Waals surface area contributed by atoms with Crippen LogP contribution in [0.3, 0.4) is 0 Å². The number of hydrogen-bond donors (Lipinski definition) is 1. The molecule has 0 bridgehead atoms. The van der Waals surface area contributed by atoms with Crippen LogP contribution in [-0.4, -0.2) is 31.1 Å². The second kappa shape index (κ2) is 7.58. The van der Waals surface area contributed by atoms with Crippen molar-refractivity contribution in [2.45, 2.75) is 22.1 Å². The van der Waals surface area contributed by atoms with E-state index in [-0.39, 0.29) is 10.6 Å². The average Bonchev–Trinajstić information content (AvgIpc) is 2.53. The number of benzene rings is 2. The summed E-state index contributed by atoms with van der Waals surface area (Å²) in [4.78, 5) is 0.425. The van der Waals surface area contributed by atoms with Crippen LogP contribution >= 0.6 is 11.8 Å². The van der Waals surface area contributed by atoms with Crippen LogP contribution in [0, 0.1) is 0 Å². The fourth-order valence-corrected chi connectivity index (χ4v) is 4.41. The molecule has 0 radical (unpaired) electrons. The Bertz CT molecular complexity index is 775. The minimum absolute atomic E-state index is 0.0205. The van der Waals surface area contributed by atoms with E-state index in [1.54, 1.807) is 18.2 Å². The lowest BCUT2D eigenvalue weighted by atomic mass is 10.2. The average molecular weight is 376 g/mol. The first-order valence-corrected chi connectivity index (χ1v) is 9.58. The van der Waals surface area contributed by atoms with Gasteiger partial charge in [-0.15, -0.1) is 11.8 Å². The molecule has 1 N–H and O–H groups in total. The van der Waals surface area contributed by atoms with Crippen molar-refractivity contribution in [3.05, 3.63) is 60.2 Å². The van der Waals surface area contributed by atoms with Crippen molar-refractivity contribution in [1.29, 1.82) is 0 Å². The summed E-state index contributed by atoms with van der Waals surface area (Å²) in [6, 6.07) is 12.4. The van der Waals surface area contributed by atoms with Gasteiger partial charge < -0.3 is 5.11 Å². The summed E-state index contributed by atoms with van der Waals surface area (Å²) in [5, 5.41) is 9.91. The topological polar surface area (TPSA) is 54.4 Å². The summed E-state index contributed by atoms with van der Waals surface area (Å²) in [6.07, 6.45) is -5.62. The van der Waals surface area contributed by atoms with Crippen LogP contribution in [0.1, 0.15) is 5.56 Å². The van der Waals surface area contributed by atoms with Crippen LogP contribution in [0.15, 0.2) is 64.4 Å². The van der Waals surface area contributed by atoms with Gasteiger partial charge in [0.25, 0.3) is 0 Å². The molecule has 0 spiro atoms. The van der Waals surface area contributed by atoms with Gasteiger partial charge in [0, 0.05) is 10.6 Å². The Morgan fingerprint density at radius 2 is 1.71 bits per heavy atom. The van der Waals surface area contributed by atoms with E-state index < -0.39 is 33.4 Å². The van der Waals surface area contributed by atoms with Crippen molar-refractivity contribution in [3.8, 4) is 0 Å². The molecule has 0 heterocycles. The summed E-state index contributed by atoms with van der Waals surface area (Å²) in [5.74, 6) is -0.504. The fourth-order valence-electron chi connectivity index (χ4n) is 1.98. The number of thioether (sulfide) groups is 1. The van der Waals surface area contributed by atoms with E-state index in [9.17, 15) is 26.7 Å². The first kappa shape index (κ1) is 18.8. The maximum absolute atomic E-state index is 12.6. The zero-order valence-electron chi connectivity index (χ0n) is 12.4. The van der Waals surface area contributed by atoms with Gasteiger partial charge in [0.15, 0.2) is 9.84 Å². The number of rotatable bonds is 6. The number of hydrogen-bond acceptors (Lipinski definition) is 4. The largest absolute Gasteiger partial charge is 0.416 e. The molecule has 0 saturated carbocycles. The van der Waals surface area contributed by atoms with Crippen molar-refractivity contribution in [3.63, 3.8) is 0 Å². The Labute approximate surface area is 142 Å². The molecule has 24 heavy (non-hydrogen) atoms. The lowest BCUT2D eigenvalue weighted by Crippen LogP contribution is -2.23. The molecular weight excluding hydrogens is 361 g/mol. The van der Waals surface area contributed by atoms with Gasteiger partial charge in [-0.25, -0.2) is 8.42 Å². The summed E-state index contributed by atoms with van der Waals surface area (Å²) < 4.78 is 62.2. The molecule has 1 unspecified atom stereocenters. The number of aliphatic hydroxyl groups is 1. The smallest absolute Gasteiger partial charge is 0.391 e. The Hall–Kier alpha value is -1.51. The minimum atomic E-state index is -4.44. The molecular formula is C16H15F3O3S2. The lowest BCUT2D eigenvalue weighted by molar-refractivity contribution is -0.137. The maximum Gasteiger partial charge on any atom is 0.416 e. The van der Waals surface area contributed by atoms with Crippen LogP contribution in [0.2, 0.25) is 0 Å². The Morgan fingerprint density at radius 1 is 1.04 bits per heavy atom. The van der Waals surface area contributed by atoms with Crippen LogP contribution in [0.25, 0.3) is 0 Å². The predicted octanol–water partition coefficient (Wildman–Crippen LogP) is 3.63. The highest BCUT2D eigenvalue weighted by atomic mass is 32.2. The van der Waals surface area contributed by atoms with Gasteiger partial charge in [-0.3, -0.25) is 0 Å². The lowest BCUT2D eigenvalue weighted by Gasteiger charge is -2.12. The number of halogens is 3. The molecule has 8 heteroatoms. The van der Waals surface area contributed by atoms with Gasteiger partial charge in [0.1, 0.15) is 0 Å². The fraction of sp³-hybridized carbons (Fsp3) is 0.250. The molecule has 0 aromatic heterocycles. The standard InChI is InChI=1S/C16H15F3O3S2/c17-16(18,19)12-5-4-6-14(9-12)23-10-13(20)11-24(21,22)15-7-2-1-3-8-15/h1-9,13,20H,10-11H2. The van der Waals surface area contributed by atoms with E-state index in [4.69, 9.17) is 0 Å². The van der Waals surface area contributed by atoms with E-state index in [0.29, 0.717) is 4.90 Å². The zero-order valence-corrected chi connectivity index (χ0v) is 14.0. The Kier molecular flexibility index (Phi) is 5.95. The van der Waals surface area contributed by atoms with Gasteiger partial charge in [-0.05, 0) is 30.3 Å². The second-order valence-corrected chi connectivity index (χ2v) is 8.21. The monoisotopic (exact) mass is 376 g/mol. The summed E-state index contributed by atoms with van der Waals surface area (Å²) in [6.45, 7) is 0. The molecule has 2 aromatic carbocycles. The molecule has 0 aliphatic carbocycles. The molecule has 130 valence electrons. The molecule has 0 aliphatic heterocycles. The van der Waals surface area contributed by atoms with Crippen molar-refractivity contribution in [2.24, 2.45) is 0 Å². The third kappa shape index (κ3) is 5.25. The molecule has 2 aromatic rings. The van der Waals surface area contributed by atoms with E-state index >= 15 is 0 Å². The molecule has 3 nitrogen and oxygen atoms in total. The van der Waals surface area contributed by atoms with Crippen molar-refractivity contribution < 1.29 is 26.7 Å². The molecule has 2 rings (SSSR count). The highest BCUT2D eigenvalue weighted by Crippen LogP contribution is 2.32. The molecule has 0 fully saturated rings. The summed E-state index contributed by atoms with van der Waals surface area (Å²) in [7, 11) is -3.64. The highest BCUT2D eigenvalue weighted by molar-refractivity contribution is 7.99. The van der Waals surface area contributed by atoms with Gasteiger partial charge in [-0.2, -0.15) is 13.2 Å². The second-order valence-electron chi connectivity index (χ2n) is 5.08. The van der Waals surface area contributed by atoms with Gasteiger partial charge in [0.2, 0.25) is 0 Å². The summed E-state index contributed by atoms with van der Waals surface area (Å²) >= 11 is 0.980. The molecule has 0 saturated heterocycles. The number of sulfone groups is 1. The van der Waals surface area contributed by atoms with E-state index in [1.165, 1.54) is 24.3 Å². The number of alkyl halides is 3. The van der Waals surface area contributed by atoms with E-state index in [0.717, 1.165) is 23.9 Å². The van der Waals surface area contributed by atoms with E-state index in [2.05, 4.69) is 0 Å². The van der Waals surface area contributed by atoms with Gasteiger partial charge in [0.05, 0.1) is 22.3 Å². The van der Waals surface area contributed by atoms with Crippen molar-refractivity contribution in [2.75, 3.05) is 11.5 Å². The van der Waals surface area contributed by atoms with E-state index in [1.807, 2.05) is 0 Å². The van der Waals surface area contributed by atoms with Crippen molar-refractivity contribution in [1.82, 2.24) is 0 Å². The van der Waals surface area contributed by atoms with Crippen LogP contribution in [0.4, 0.5) is 13.2 Å². The Balaban J connectivity index is 1.98. The Morgan fingerprint density at radius 3 is 2.33 bits per heavy atom. The minimum Gasteiger partial charge on any atom is -0.391 e. The van der Waals surface area contributed by atoms with Crippen LogP contribution in [-0.2, 0) is 16.0 Å². The molecule has 1 atom stereocenters. The first-order chi connectivity index (χ1) is 11.2. The third-order valence-electron chi connectivity index (χ3n) is 3.12. The maximum atomic E-state index is 12.6. The summed E-state index contributed by atoms with van der Waals surface area (Å²) in [5.41, 5.74) is -0.779. The quantitative estimate of drug-likeness (QED) is 0.783.